The minimum Gasteiger partial charge on any atom is -0.481 e. The molecule has 1 N–H and O–H groups in total. The van der Waals surface area contributed by atoms with E-state index in [1.807, 2.05) is 6.34 Å². The van der Waals surface area contributed by atoms with Crippen LogP contribution >= 0.6 is 0 Å². The van der Waals surface area contributed by atoms with Gasteiger partial charge in [0, 0.05) is 0 Å². The standard InChI is InChI=1S/C8H14N2O2/c1-2-10(5-3-8(11)12)6-4-9-7-10/h7H,2-6H2,1H3/p+1. The Morgan fingerprint density at radius 2 is 2.50 bits per heavy atom. The van der Waals surface area contributed by atoms with Gasteiger partial charge < -0.3 is 5.11 Å². The van der Waals surface area contributed by atoms with E-state index < -0.39 is 5.97 Å². The summed E-state index contributed by atoms with van der Waals surface area (Å²) in [7, 11) is 0. The molecule has 0 radical (unpaired) electrons. The molecule has 4 heteroatoms. The summed E-state index contributed by atoms with van der Waals surface area (Å²) >= 11 is 0. The van der Waals surface area contributed by atoms with Crippen molar-refractivity contribution in [2.24, 2.45) is 4.99 Å². The van der Waals surface area contributed by atoms with Gasteiger partial charge in [-0.25, -0.2) is 4.99 Å². The Hall–Kier alpha value is -0.900. The molecule has 1 aliphatic rings. The number of aliphatic imine (C=N–C) groups is 1. The Kier molecular flexibility index (Phi) is 2.81. The maximum absolute atomic E-state index is 10.4. The largest absolute Gasteiger partial charge is 0.481 e. The summed E-state index contributed by atoms with van der Waals surface area (Å²) in [5.41, 5.74) is 0. The van der Waals surface area contributed by atoms with Crippen LogP contribution in [0.25, 0.3) is 0 Å². The molecule has 0 fully saturated rings. The van der Waals surface area contributed by atoms with Gasteiger partial charge in [-0.2, -0.15) is 0 Å². The van der Waals surface area contributed by atoms with Gasteiger partial charge in [0.15, 0.2) is 6.34 Å². The van der Waals surface area contributed by atoms with Gasteiger partial charge >= 0.3 is 5.97 Å². The lowest BCUT2D eigenvalue weighted by Crippen LogP contribution is -2.46. The molecule has 1 aliphatic heterocycles. The summed E-state index contributed by atoms with van der Waals surface area (Å²) in [5.74, 6) is -0.721. The van der Waals surface area contributed by atoms with Gasteiger partial charge in [-0.3, -0.25) is 9.28 Å². The molecule has 4 nitrogen and oxygen atoms in total. The Morgan fingerprint density at radius 1 is 1.75 bits per heavy atom. The van der Waals surface area contributed by atoms with Crippen molar-refractivity contribution < 1.29 is 14.4 Å². The van der Waals surface area contributed by atoms with Gasteiger partial charge in [0.1, 0.15) is 6.54 Å². The predicted octanol–water partition coefficient (Wildman–Crippen LogP) is 0.340. The second-order valence-electron chi connectivity index (χ2n) is 3.15. The number of carboxylic acid groups (broad SMARTS) is 1. The zero-order valence-corrected chi connectivity index (χ0v) is 7.36. The molecule has 68 valence electrons. The van der Waals surface area contributed by atoms with Crippen LogP contribution in [0.2, 0.25) is 0 Å². The van der Waals surface area contributed by atoms with Crippen molar-refractivity contribution in [3.8, 4) is 0 Å². The number of nitrogens with zero attached hydrogens (tertiary/aromatic N) is 2. The Bertz CT molecular complexity index is 203. The van der Waals surface area contributed by atoms with Gasteiger partial charge in [-0.1, -0.05) is 0 Å². The molecular weight excluding hydrogens is 156 g/mol. The topological polar surface area (TPSA) is 49.7 Å². The van der Waals surface area contributed by atoms with Crippen molar-refractivity contribution in [2.45, 2.75) is 13.3 Å². The minimum absolute atomic E-state index is 0.236. The Morgan fingerprint density at radius 3 is 2.92 bits per heavy atom. The molecular formula is C8H15N2O2+. The third-order valence-electron chi connectivity index (χ3n) is 2.40. The van der Waals surface area contributed by atoms with Crippen LogP contribution in [-0.4, -0.2) is 48.1 Å². The molecule has 0 aromatic rings. The first kappa shape index (κ1) is 9.19. The fourth-order valence-corrected chi connectivity index (χ4v) is 1.43. The molecule has 1 atom stereocenters. The highest BCUT2D eigenvalue weighted by molar-refractivity contribution is 5.67. The molecule has 0 aromatic heterocycles. The number of aliphatic carboxylic acids is 1. The van der Waals surface area contributed by atoms with E-state index in [-0.39, 0.29) is 6.42 Å². The number of hydrogen-bond donors (Lipinski definition) is 1. The van der Waals surface area contributed by atoms with Gasteiger partial charge in [0.05, 0.1) is 26.1 Å². The fraction of sp³-hybridized carbons (Fsp3) is 0.750. The smallest absolute Gasteiger partial charge is 0.309 e. The number of likely N-dealkylation sites (N-methyl/N-ethyl adjacent to an activating group) is 1. The average molecular weight is 171 g/mol. The Labute approximate surface area is 72.1 Å². The van der Waals surface area contributed by atoms with Crippen LogP contribution in [-0.2, 0) is 4.79 Å². The molecule has 1 rings (SSSR count). The highest BCUT2D eigenvalue weighted by Crippen LogP contribution is 2.09. The normalized spacial score (nSPS) is 27.8. The number of hydrogen-bond acceptors (Lipinski definition) is 2. The number of rotatable bonds is 4. The van der Waals surface area contributed by atoms with E-state index in [0.29, 0.717) is 6.54 Å². The molecule has 1 unspecified atom stereocenters. The lowest BCUT2D eigenvalue weighted by Gasteiger charge is -2.27. The summed E-state index contributed by atoms with van der Waals surface area (Å²) in [6, 6.07) is 0. The lowest BCUT2D eigenvalue weighted by atomic mass is 10.3. The molecule has 12 heavy (non-hydrogen) atoms. The molecule has 0 amide bonds. The van der Waals surface area contributed by atoms with Crippen molar-refractivity contribution in [3.63, 3.8) is 0 Å². The van der Waals surface area contributed by atoms with E-state index in [4.69, 9.17) is 5.11 Å². The third kappa shape index (κ3) is 2.04. The summed E-state index contributed by atoms with van der Waals surface area (Å²) in [6.07, 6.45) is 2.13. The number of carbonyl (C=O) groups is 1. The van der Waals surface area contributed by atoms with E-state index in [9.17, 15) is 4.79 Å². The van der Waals surface area contributed by atoms with Gasteiger partial charge in [-0.15, -0.1) is 0 Å². The molecule has 0 aromatic carbocycles. The van der Waals surface area contributed by atoms with E-state index in [0.717, 1.165) is 24.1 Å². The highest BCUT2D eigenvalue weighted by atomic mass is 16.4. The summed E-state index contributed by atoms with van der Waals surface area (Å²) < 4.78 is 0.742. The molecule has 0 bridgehead atoms. The maximum Gasteiger partial charge on any atom is 0.309 e. The van der Waals surface area contributed by atoms with Crippen molar-refractivity contribution in [1.82, 2.24) is 0 Å². The maximum atomic E-state index is 10.4. The van der Waals surface area contributed by atoms with Gasteiger partial charge in [0.25, 0.3) is 0 Å². The second-order valence-corrected chi connectivity index (χ2v) is 3.15. The molecule has 0 saturated heterocycles. The van der Waals surface area contributed by atoms with Crippen LogP contribution < -0.4 is 0 Å². The van der Waals surface area contributed by atoms with Crippen LogP contribution in [0.4, 0.5) is 0 Å². The SMILES string of the molecule is CC[N+]1(CCC(=O)O)C=NCC1. The summed E-state index contributed by atoms with van der Waals surface area (Å²) in [5, 5.41) is 8.53. The fourth-order valence-electron chi connectivity index (χ4n) is 1.43. The zero-order valence-electron chi connectivity index (χ0n) is 7.36. The lowest BCUT2D eigenvalue weighted by molar-refractivity contribution is -0.826. The Balaban J connectivity index is 2.45. The molecule has 0 saturated carbocycles. The molecule has 1 heterocycles. The average Bonchev–Trinajstić information content (AvgIpc) is 2.50. The summed E-state index contributed by atoms with van der Waals surface area (Å²) in [4.78, 5) is 14.5. The van der Waals surface area contributed by atoms with Crippen LogP contribution in [0.1, 0.15) is 13.3 Å². The van der Waals surface area contributed by atoms with Crippen molar-refractivity contribution in [2.75, 3.05) is 26.2 Å². The van der Waals surface area contributed by atoms with E-state index in [1.165, 1.54) is 0 Å². The van der Waals surface area contributed by atoms with Crippen LogP contribution in [0.5, 0.6) is 0 Å². The second kappa shape index (κ2) is 3.67. The van der Waals surface area contributed by atoms with Crippen molar-refractivity contribution >= 4 is 12.3 Å². The first-order chi connectivity index (χ1) is 5.68. The van der Waals surface area contributed by atoms with E-state index in [1.54, 1.807) is 0 Å². The quantitative estimate of drug-likeness (QED) is 0.620. The highest BCUT2D eigenvalue weighted by Gasteiger charge is 2.27. The first-order valence-electron chi connectivity index (χ1n) is 4.27. The number of carboxylic acids is 1. The van der Waals surface area contributed by atoms with Gasteiger partial charge in [-0.05, 0) is 6.92 Å². The zero-order chi connectivity index (χ0) is 9.03. The monoisotopic (exact) mass is 171 g/mol. The number of quaternary nitrogens is 1. The van der Waals surface area contributed by atoms with Gasteiger partial charge in [0.2, 0.25) is 0 Å². The van der Waals surface area contributed by atoms with E-state index in [2.05, 4.69) is 11.9 Å². The first-order valence-corrected chi connectivity index (χ1v) is 4.27. The van der Waals surface area contributed by atoms with Crippen LogP contribution in [0.15, 0.2) is 4.99 Å². The van der Waals surface area contributed by atoms with E-state index >= 15 is 0 Å². The van der Waals surface area contributed by atoms with Crippen molar-refractivity contribution in [3.05, 3.63) is 0 Å². The predicted molar refractivity (Wildman–Crippen MR) is 46.1 cm³/mol. The minimum atomic E-state index is -0.721. The molecule has 0 aliphatic carbocycles. The van der Waals surface area contributed by atoms with Crippen LogP contribution in [0, 0.1) is 0 Å². The van der Waals surface area contributed by atoms with Crippen molar-refractivity contribution in [1.29, 1.82) is 0 Å². The third-order valence-corrected chi connectivity index (χ3v) is 2.40. The van der Waals surface area contributed by atoms with Crippen LogP contribution in [0.3, 0.4) is 0 Å². The summed E-state index contributed by atoms with van der Waals surface area (Å²) in [6.45, 7) is 5.49. The molecule has 0 spiro atoms.